The Bertz CT molecular complexity index is 807. The molecule has 118 valence electrons. The highest BCUT2D eigenvalue weighted by molar-refractivity contribution is 7.93. The molecule has 0 fully saturated rings. The van der Waals surface area contributed by atoms with Gasteiger partial charge in [0.1, 0.15) is 4.90 Å². The number of aryl methyl sites for hydroxylation is 3. The first-order valence-electron chi connectivity index (χ1n) is 7.15. The van der Waals surface area contributed by atoms with E-state index < -0.39 is 16.1 Å². The maximum atomic E-state index is 13.0. The van der Waals surface area contributed by atoms with Crippen molar-refractivity contribution in [3.63, 3.8) is 0 Å². The van der Waals surface area contributed by atoms with E-state index in [-0.39, 0.29) is 11.4 Å². The zero-order valence-corrected chi connectivity index (χ0v) is 13.6. The Balaban J connectivity index is 2.16. The standard InChI is InChI=1S/C15H19N3O3S/c1-9-4-5-13-12(8-9)14(19)6-7-18(13)22(20,21)15-10(2)16-17-11(15)3/h4-5,8,14,19H,6-7H2,1-3H3,(H,16,17). The summed E-state index contributed by atoms with van der Waals surface area (Å²) in [5, 5.41) is 16.9. The van der Waals surface area contributed by atoms with Crippen LogP contribution in [0.25, 0.3) is 0 Å². The molecule has 1 aromatic carbocycles. The van der Waals surface area contributed by atoms with Gasteiger partial charge in [-0.3, -0.25) is 9.40 Å². The zero-order valence-electron chi connectivity index (χ0n) is 12.8. The SMILES string of the molecule is Cc1ccc2c(c1)C(O)CCN2S(=O)(=O)c1c(C)n[nH]c1C. The molecule has 0 bridgehead atoms. The molecule has 0 radical (unpaired) electrons. The highest BCUT2D eigenvalue weighted by atomic mass is 32.2. The van der Waals surface area contributed by atoms with Crippen molar-refractivity contribution < 1.29 is 13.5 Å². The van der Waals surface area contributed by atoms with Crippen LogP contribution >= 0.6 is 0 Å². The van der Waals surface area contributed by atoms with Gasteiger partial charge in [-0.15, -0.1) is 0 Å². The molecule has 0 aliphatic carbocycles. The van der Waals surface area contributed by atoms with E-state index in [2.05, 4.69) is 10.2 Å². The van der Waals surface area contributed by atoms with Gasteiger partial charge < -0.3 is 5.11 Å². The normalized spacial score (nSPS) is 18.4. The molecule has 7 heteroatoms. The zero-order chi connectivity index (χ0) is 16.1. The second kappa shape index (κ2) is 5.10. The summed E-state index contributed by atoms with van der Waals surface area (Å²) in [6.07, 6.45) is -0.251. The van der Waals surface area contributed by atoms with Gasteiger partial charge in [0.15, 0.2) is 0 Å². The van der Waals surface area contributed by atoms with Crippen LogP contribution in [-0.2, 0) is 10.0 Å². The van der Waals surface area contributed by atoms with Crippen LogP contribution in [0.4, 0.5) is 5.69 Å². The average molecular weight is 321 g/mol. The largest absolute Gasteiger partial charge is 0.388 e. The molecule has 1 aromatic heterocycles. The summed E-state index contributed by atoms with van der Waals surface area (Å²) in [6, 6.07) is 5.46. The number of nitrogens with zero attached hydrogens (tertiary/aromatic N) is 2. The Morgan fingerprint density at radius 3 is 2.68 bits per heavy atom. The topological polar surface area (TPSA) is 86.3 Å². The van der Waals surface area contributed by atoms with E-state index in [1.54, 1.807) is 19.9 Å². The maximum Gasteiger partial charge on any atom is 0.267 e. The fourth-order valence-electron chi connectivity index (χ4n) is 2.96. The van der Waals surface area contributed by atoms with Crippen LogP contribution < -0.4 is 4.31 Å². The third kappa shape index (κ3) is 2.21. The van der Waals surface area contributed by atoms with Gasteiger partial charge in [-0.1, -0.05) is 17.7 Å². The van der Waals surface area contributed by atoms with Crippen LogP contribution in [0.1, 0.15) is 35.0 Å². The van der Waals surface area contributed by atoms with Crippen LogP contribution in [0, 0.1) is 20.8 Å². The van der Waals surface area contributed by atoms with Crippen molar-refractivity contribution in [2.45, 2.75) is 38.2 Å². The molecule has 0 amide bonds. The summed E-state index contributed by atoms with van der Waals surface area (Å²) in [5.74, 6) is 0. The van der Waals surface area contributed by atoms with Gasteiger partial charge in [-0.05, 0) is 33.3 Å². The number of aromatic nitrogens is 2. The van der Waals surface area contributed by atoms with Crippen molar-refractivity contribution in [3.05, 3.63) is 40.7 Å². The number of aliphatic hydroxyl groups is 1. The minimum atomic E-state index is -3.70. The summed E-state index contributed by atoms with van der Waals surface area (Å²) in [5.41, 5.74) is 3.18. The first kappa shape index (κ1) is 15.1. The lowest BCUT2D eigenvalue weighted by atomic mass is 9.99. The van der Waals surface area contributed by atoms with Gasteiger partial charge in [0, 0.05) is 12.1 Å². The van der Waals surface area contributed by atoms with E-state index in [0.717, 1.165) is 5.56 Å². The number of fused-ring (bicyclic) bond motifs is 1. The third-order valence-corrected chi connectivity index (χ3v) is 6.10. The second-order valence-corrected chi connectivity index (χ2v) is 7.51. The molecular formula is C15H19N3O3S. The van der Waals surface area contributed by atoms with Crippen molar-refractivity contribution in [1.29, 1.82) is 0 Å². The van der Waals surface area contributed by atoms with Gasteiger partial charge >= 0.3 is 0 Å². The Kier molecular flexibility index (Phi) is 3.49. The van der Waals surface area contributed by atoms with Crippen LogP contribution in [0.2, 0.25) is 0 Å². The van der Waals surface area contributed by atoms with E-state index in [9.17, 15) is 13.5 Å². The van der Waals surface area contributed by atoms with E-state index in [0.29, 0.717) is 29.1 Å². The summed E-state index contributed by atoms with van der Waals surface area (Å²) in [7, 11) is -3.70. The Morgan fingerprint density at radius 2 is 2.05 bits per heavy atom. The highest BCUT2D eigenvalue weighted by Crippen LogP contribution is 2.38. The lowest BCUT2D eigenvalue weighted by Gasteiger charge is -2.33. The van der Waals surface area contributed by atoms with Crippen LogP contribution in [0.15, 0.2) is 23.1 Å². The van der Waals surface area contributed by atoms with Crippen molar-refractivity contribution in [3.8, 4) is 0 Å². The lowest BCUT2D eigenvalue weighted by molar-refractivity contribution is 0.166. The predicted octanol–water partition coefficient (Wildman–Crippen LogP) is 1.97. The number of rotatable bonds is 2. The molecule has 1 unspecified atom stereocenters. The molecule has 2 aromatic rings. The fraction of sp³-hybridized carbons (Fsp3) is 0.400. The predicted molar refractivity (Wildman–Crippen MR) is 83.3 cm³/mol. The van der Waals surface area contributed by atoms with E-state index in [1.807, 2.05) is 19.1 Å². The number of aliphatic hydroxyl groups excluding tert-OH is 1. The minimum absolute atomic E-state index is 0.218. The summed E-state index contributed by atoms with van der Waals surface area (Å²) >= 11 is 0. The van der Waals surface area contributed by atoms with Crippen molar-refractivity contribution in [1.82, 2.24) is 10.2 Å². The number of hydrogen-bond acceptors (Lipinski definition) is 4. The smallest absolute Gasteiger partial charge is 0.267 e. The molecule has 2 heterocycles. The van der Waals surface area contributed by atoms with Crippen molar-refractivity contribution in [2.24, 2.45) is 0 Å². The Labute approximate surface area is 129 Å². The molecule has 6 nitrogen and oxygen atoms in total. The molecule has 1 aliphatic rings. The Morgan fingerprint density at radius 1 is 1.32 bits per heavy atom. The molecule has 0 spiro atoms. The van der Waals surface area contributed by atoms with Crippen molar-refractivity contribution >= 4 is 15.7 Å². The number of hydrogen-bond donors (Lipinski definition) is 2. The van der Waals surface area contributed by atoms with Gasteiger partial charge in [-0.2, -0.15) is 5.10 Å². The fourth-order valence-corrected chi connectivity index (χ4v) is 4.81. The number of nitrogens with one attached hydrogen (secondary N) is 1. The molecule has 1 aliphatic heterocycles. The molecular weight excluding hydrogens is 302 g/mol. The highest BCUT2D eigenvalue weighted by Gasteiger charge is 2.35. The molecule has 1 atom stereocenters. The number of sulfonamides is 1. The van der Waals surface area contributed by atoms with Gasteiger partial charge in [0.25, 0.3) is 10.0 Å². The summed E-state index contributed by atoms with van der Waals surface area (Å²) in [4.78, 5) is 0.218. The second-order valence-electron chi connectivity index (χ2n) is 5.71. The van der Waals surface area contributed by atoms with E-state index in [4.69, 9.17) is 0 Å². The molecule has 0 saturated carbocycles. The first-order chi connectivity index (χ1) is 10.3. The third-order valence-electron chi connectivity index (χ3n) is 4.02. The number of aromatic amines is 1. The summed E-state index contributed by atoms with van der Waals surface area (Å²) < 4.78 is 27.4. The minimum Gasteiger partial charge on any atom is -0.388 e. The number of benzene rings is 1. The quantitative estimate of drug-likeness (QED) is 0.885. The van der Waals surface area contributed by atoms with Crippen LogP contribution in [0.3, 0.4) is 0 Å². The first-order valence-corrected chi connectivity index (χ1v) is 8.59. The maximum absolute atomic E-state index is 13.0. The van der Waals surface area contributed by atoms with E-state index >= 15 is 0 Å². The van der Waals surface area contributed by atoms with Gasteiger partial charge in [0.2, 0.25) is 0 Å². The van der Waals surface area contributed by atoms with Crippen molar-refractivity contribution in [2.75, 3.05) is 10.8 Å². The number of anilines is 1. The van der Waals surface area contributed by atoms with E-state index in [1.165, 1.54) is 4.31 Å². The summed E-state index contributed by atoms with van der Waals surface area (Å²) in [6.45, 7) is 5.54. The number of H-pyrrole nitrogens is 1. The Hall–Kier alpha value is -1.86. The molecule has 2 N–H and O–H groups in total. The monoisotopic (exact) mass is 321 g/mol. The average Bonchev–Trinajstić information content (AvgIpc) is 2.79. The molecule has 22 heavy (non-hydrogen) atoms. The molecule has 0 saturated heterocycles. The van der Waals surface area contributed by atoms with Gasteiger partial charge in [0.05, 0.1) is 23.2 Å². The van der Waals surface area contributed by atoms with Crippen LogP contribution in [0.5, 0.6) is 0 Å². The molecule has 3 rings (SSSR count). The lowest BCUT2D eigenvalue weighted by Crippen LogP contribution is -2.37. The van der Waals surface area contributed by atoms with Gasteiger partial charge in [-0.25, -0.2) is 8.42 Å². The van der Waals surface area contributed by atoms with Crippen LogP contribution in [-0.4, -0.2) is 30.3 Å².